The largest absolute Gasteiger partial charge is 0.434 e. The lowest BCUT2D eigenvalue weighted by Gasteiger charge is -2.03. The smallest absolute Gasteiger partial charge is 0.293 e. The van der Waals surface area contributed by atoms with Gasteiger partial charge in [0.15, 0.2) is 0 Å². The number of hydrogen-bond donors (Lipinski definition) is 2. The van der Waals surface area contributed by atoms with Crippen LogP contribution in [0.15, 0.2) is 34.9 Å². The van der Waals surface area contributed by atoms with Gasteiger partial charge in [-0.05, 0) is 12.1 Å². The van der Waals surface area contributed by atoms with Crippen molar-refractivity contribution in [1.29, 1.82) is 0 Å². The number of rotatable bonds is 3. The third-order valence-electron chi connectivity index (χ3n) is 2.07. The highest BCUT2D eigenvalue weighted by molar-refractivity contribution is 6.02. The van der Waals surface area contributed by atoms with Gasteiger partial charge in [0.05, 0.1) is 18.4 Å². The van der Waals surface area contributed by atoms with Crippen LogP contribution in [0.4, 0.5) is 10.1 Å². The van der Waals surface area contributed by atoms with Crippen molar-refractivity contribution in [3.8, 4) is 0 Å². The summed E-state index contributed by atoms with van der Waals surface area (Å²) in [6, 6.07) is 5.85. The van der Waals surface area contributed by atoms with Crippen LogP contribution in [-0.2, 0) is 6.54 Å². The molecule has 0 radical (unpaired) electrons. The van der Waals surface area contributed by atoms with E-state index in [9.17, 15) is 9.18 Å². The topological polar surface area (TPSA) is 81.1 Å². The van der Waals surface area contributed by atoms with Crippen molar-refractivity contribution < 1.29 is 13.6 Å². The van der Waals surface area contributed by atoms with E-state index in [1.807, 2.05) is 0 Å². The van der Waals surface area contributed by atoms with Crippen molar-refractivity contribution in [2.45, 2.75) is 6.54 Å². The molecule has 0 aliphatic carbocycles. The first-order valence-corrected chi connectivity index (χ1v) is 4.91. The maximum Gasteiger partial charge on any atom is 0.293 e. The first-order chi connectivity index (χ1) is 8.20. The molecule has 1 aromatic carbocycles. The van der Waals surface area contributed by atoms with Gasteiger partial charge in [0.1, 0.15) is 5.82 Å². The van der Waals surface area contributed by atoms with Gasteiger partial charge in [-0.15, -0.1) is 0 Å². The Morgan fingerprint density at radius 3 is 2.88 bits per heavy atom. The van der Waals surface area contributed by atoms with Crippen molar-refractivity contribution in [3.05, 3.63) is 47.9 Å². The Balaban J connectivity index is 2.14. The molecule has 0 aliphatic heterocycles. The molecule has 0 bridgehead atoms. The maximum atomic E-state index is 13.3. The molecule has 0 atom stereocenters. The Morgan fingerprint density at radius 1 is 1.47 bits per heavy atom. The standard InChI is InChI=1S/C11H10FN3O2/c12-7-3-1-2-4-8(7)15-11(16)9-6-14-10(5-13)17-9/h1-4,6H,5,13H2,(H,15,16). The molecule has 0 saturated carbocycles. The molecular formula is C11H10FN3O2. The molecule has 1 aromatic heterocycles. The molecule has 1 amide bonds. The summed E-state index contributed by atoms with van der Waals surface area (Å²) in [7, 11) is 0. The molecule has 88 valence electrons. The number of anilines is 1. The summed E-state index contributed by atoms with van der Waals surface area (Å²) in [6.45, 7) is 0.104. The van der Waals surface area contributed by atoms with Gasteiger partial charge in [0.2, 0.25) is 11.7 Å². The number of nitrogens with zero attached hydrogens (tertiary/aromatic N) is 1. The number of hydrogen-bond acceptors (Lipinski definition) is 4. The second-order valence-corrected chi connectivity index (χ2v) is 3.26. The predicted octanol–water partition coefficient (Wildman–Crippen LogP) is 1.52. The zero-order valence-electron chi connectivity index (χ0n) is 8.81. The molecule has 1 heterocycles. The van der Waals surface area contributed by atoms with Gasteiger partial charge in [-0.1, -0.05) is 12.1 Å². The van der Waals surface area contributed by atoms with Gasteiger partial charge in [-0.3, -0.25) is 4.79 Å². The van der Waals surface area contributed by atoms with Crippen molar-refractivity contribution in [1.82, 2.24) is 4.98 Å². The normalized spacial score (nSPS) is 10.2. The minimum atomic E-state index is -0.567. The molecule has 0 spiro atoms. The van der Waals surface area contributed by atoms with Gasteiger partial charge in [-0.25, -0.2) is 9.37 Å². The lowest BCUT2D eigenvalue weighted by atomic mass is 10.3. The van der Waals surface area contributed by atoms with E-state index >= 15 is 0 Å². The number of carbonyl (C=O) groups excluding carboxylic acids is 1. The Labute approximate surface area is 96.4 Å². The SMILES string of the molecule is NCc1ncc(C(=O)Nc2ccccc2F)o1. The number of amides is 1. The molecule has 0 unspecified atom stereocenters. The summed E-state index contributed by atoms with van der Waals surface area (Å²) in [5.74, 6) is -0.834. The number of carbonyl (C=O) groups is 1. The molecule has 6 heteroatoms. The second-order valence-electron chi connectivity index (χ2n) is 3.26. The highest BCUT2D eigenvalue weighted by Crippen LogP contribution is 2.14. The Hall–Kier alpha value is -2.21. The number of oxazole rings is 1. The van der Waals surface area contributed by atoms with Gasteiger partial charge < -0.3 is 15.5 Å². The van der Waals surface area contributed by atoms with Gasteiger partial charge in [0, 0.05) is 0 Å². The number of para-hydroxylation sites is 1. The zero-order valence-corrected chi connectivity index (χ0v) is 8.81. The van der Waals surface area contributed by atoms with Crippen LogP contribution in [0.2, 0.25) is 0 Å². The van der Waals surface area contributed by atoms with Crippen LogP contribution in [0, 0.1) is 5.82 Å². The summed E-state index contributed by atoms with van der Waals surface area (Å²) < 4.78 is 18.3. The number of nitrogens with one attached hydrogen (secondary N) is 1. The van der Waals surface area contributed by atoms with Crippen LogP contribution in [-0.4, -0.2) is 10.9 Å². The lowest BCUT2D eigenvalue weighted by Crippen LogP contribution is -2.12. The minimum Gasteiger partial charge on any atom is -0.434 e. The molecule has 3 N–H and O–H groups in total. The van der Waals surface area contributed by atoms with Crippen LogP contribution in [0.1, 0.15) is 16.4 Å². The van der Waals surface area contributed by atoms with Crippen LogP contribution in [0.5, 0.6) is 0 Å². The van der Waals surface area contributed by atoms with E-state index in [0.717, 1.165) is 0 Å². The Kier molecular flexibility index (Phi) is 3.15. The van der Waals surface area contributed by atoms with Gasteiger partial charge in [0.25, 0.3) is 5.91 Å². The first-order valence-electron chi connectivity index (χ1n) is 4.91. The van der Waals surface area contributed by atoms with Crippen LogP contribution in [0.25, 0.3) is 0 Å². The van der Waals surface area contributed by atoms with E-state index in [1.165, 1.54) is 24.4 Å². The summed E-state index contributed by atoms with van der Waals surface area (Å²) in [6.07, 6.45) is 1.25. The van der Waals surface area contributed by atoms with Crippen LogP contribution < -0.4 is 11.1 Å². The first kappa shape index (κ1) is 11.3. The Morgan fingerprint density at radius 2 is 2.24 bits per heavy atom. The predicted molar refractivity (Wildman–Crippen MR) is 58.7 cm³/mol. The molecule has 0 aliphatic rings. The Bertz CT molecular complexity index is 539. The summed E-state index contributed by atoms with van der Waals surface area (Å²) in [5, 5.41) is 2.38. The quantitative estimate of drug-likeness (QED) is 0.845. The average molecular weight is 235 g/mol. The fourth-order valence-electron chi connectivity index (χ4n) is 1.26. The fourth-order valence-corrected chi connectivity index (χ4v) is 1.26. The van der Waals surface area contributed by atoms with E-state index in [4.69, 9.17) is 10.2 Å². The molecule has 2 rings (SSSR count). The van der Waals surface area contributed by atoms with E-state index in [2.05, 4.69) is 10.3 Å². The number of halogens is 1. The molecule has 0 fully saturated rings. The van der Waals surface area contributed by atoms with Crippen LogP contribution in [0.3, 0.4) is 0 Å². The van der Waals surface area contributed by atoms with E-state index in [1.54, 1.807) is 6.07 Å². The summed E-state index contributed by atoms with van der Waals surface area (Å²) in [5.41, 5.74) is 5.38. The third-order valence-corrected chi connectivity index (χ3v) is 2.07. The molecular weight excluding hydrogens is 225 g/mol. The van der Waals surface area contributed by atoms with E-state index in [-0.39, 0.29) is 23.9 Å². The number of benzene rings is 1. The van der Waals surface area contributed by atoms with Gasteiger partial charge in [-0.2, -0.15) is 0 Å². The highest BCUT2D eigenvalue weighted by atomic mass is 19.1. The average Bonchev–Trinajstić information content (AvgIpc) is 2.81. The molecule has 2 aromatic rings. The second kappa shape index (κ2) is 4.75. The van der Waals surface area contributed by atoms with Crippen molar-refractivity contribution in [2.75, 3.05) is 5.32 Å². The fraction of sp³-hybridized carbons (Fsp3) is 0.0909. The molecule has 17 heavy (non-hydrogen) atoms. The molecule has 5 nitrogen and oxygen atoms in total. The van der Waals surface area contributed by atoms with Crippen molar-refractivity contribution >= 4 is 11.6 Å². The van der Waals surface area contributed by atoms with Gasteiger partial charge >= 0.3 is 0 Å². The number of aromatic nitrogens is 1. The van der Waals surface area contributed by atoms with Crippen molar-refractivity contribution in [2.24, 2.45) is 5.73 Å². The lowest BCUT2D eigenvalue weighted by molar-refractivity contribution is 0.0994. The summed E-state index contributed by atoms with van der Waals surface area (Å²) in [4.78, 5) is 15.4. The van der Waals surface area contributed by atoms with Crippen LogP contribution >= 0.6 is 0 Å². The monoisotopic (exact) mass is 235 g/mol. The van der Waals surface area contributed by atoms with Crippen molar-refractivity contribution in [3.63, 3.8) is 0 Å². The zero-order chi connectivity index (χ0) is 12.3. The van der Waals surface area contributed by atoms with E-state index in [0.29, 0.717) is 0 Å². The third kappa shape index (κ3) is 2.48. The number of nitrogens with two attached hydrogens (primary N) is 1. The van der Waals surface area contributed by atoms with E-state index < -0.39 is 11.7 Å². The summed E-state index contributed by atoms with van der Waals surface area (Å²) >= 11 is 0. The maximum absolute atomic E-state index is 13.3. The molecule has 0 saturated heterocycles. The minimum absolute atomic E-state index is 0.00583. The highest BCUT2D eigenvalue weighted by Gasteiger charge is 2.13.